The third kappa shape index (κ3) is 3.53. The molecule has 2 aromatic carbocycles. The molecule has 23 heavy (non-hydrogen) atoms. The van der Waals surface area contributed by atoms with Crippen LogP contribution in [-0.2, 0) is 6.42 Å². The van der Waals surface area contributed by atoms with E-state index in [0.717, 1.165) is 36.0 Å². The Bertz CT molecular complexity index is 842. The SMILES string of the molecule is NCCCCc1c(-c2cccc(Cl)c2Cl)[nH]c2ccc(I)cc12. The molecule has 1 aromatic heterocycles. The number of aromatic nitrogens is 1. The maximum atomic E-state index is 6.45. The number of hydrogen-bond acceptors (Lipinski definition) is 1. The minimum atomic E-state index is 0.574. The highest BCUT2D eigenvalue weighted by Crippen LogP contribution is 2.38. The lowest BCUT2D eigenvalue weighted by Gasteiger charge is -2.08. The number of aryl methyl sites for hydroxylation is 1. The van der Waals surface area contributed by atoms with Gasteiger partial charge in [-0.05, 0) is 78.2 Å². The molecule has 0 saturated heterocycles. The Balaban J connectivity index is 2.18. The lowest BCUT2D eigenvalue weighted by molar-refractivity contribution is 0.748. The van der Waals surface area contributed by atoms with E-state index >= 15 is 0 Å². The lowest BCUT2D eigenvalue weighted by atomic mass is 10.0. The van der Waals surface area contributed by atoms with Crippen LogP contribution in [-0.4, -0.2) is 11.5 Å². The molecule has 3 N–H and O–H groups in total. The Hall–Kier alpha value is -0.750. The number of rotatable bonds is 5. The molecule has 0 unspecified atom stereocenters. The molecular weight excluding hydrogens is 442 g/mol. The lowest BCUT2D eigenvalue weighted by Crippen LogP contribution is -1.99. The monoisotopic (exact) mass is 458 g/mol. The summed E-state index contributed by atoms with van der Waals surface area (Å²) in [5.41, 5.74) is 10.1. The number of benzene rings is 2. The first kappa shape index (κ1) is 17.1. The van der Waals surface area contributed by atoms with Gasteiger partial charge in [-0.25, -0.2) is 0 Å². The van der Waals surface area contributed by atoms with Crippen LogP contribution in [0.2, 0.25) is 10.0 Å². The van der Waals surface area contributed by atoms with Gasteiger partial charge in [-0.3, -0.25) is 0 Å². The molecule has 1 heterocycles. The number of H-pyrrole nitrogens is 1. The normalized spacial score (nSPS) is 11.3. The van der Waals surface area contributed by atoms with Crippen molar-refractivity contribution in [2.24, 2.45) is 5.73 Å². The molecule has 0 spiro atoms. The molecule has 0 saturated carbocycles. The zero-order chi connectivity index (χ0) is 16.4. The van der Waals surface area contributed by atoms with Crippen molar-refractivity contribution in [1.29, 1.82) is 0 Å². The standard InChI is InChI=1S/C18H17Cl2IN2/c19-15-6-3-5-13(17(15)20)18-12(4-1-2-9-22)14-10-11(21)7-8-16(14)23-18/h3,5-8,10,23H,1-2,4,9,22H2. The Kier molecular flexibility index (Phi) is 5.52. The Morgan fingerprint density at radius 1 is 1.09 bits per heavy atom. The van der Waals surface area contributed by atoms with Gasteiger partial charge < -0.3 is 10.7 Å². The van der Waals surface area contributed by atoms with E-state index in [4.69, 9.17) is 28.9 Å². The number of hydrogen-bond donors (Lipinski definition) is 2. The van der Waals surface area contributed by atoms with Crippen LogP contribution in [0.25, 0.3) is 22.2 Å². The van der Waals surface area contributed by atoms with E-state index in [1.807, 2.05) is 18.2 Å². The van der Waals surface area contributed by atoms with Crippen molar-refractivity contribution >= 4 is 56.7 Å². The number of aromatic amines is 1. The van der Waals surface area contributed by atoms with Gasteiger partial charge >= 0.3 is 0 Å². The quantitative estimate of drug-likeness (QED) is 0.355. The topological polar surface area (TPSA) is 41.8 Å². The first-order valence-electron chi connectivity index (χ1n) is 7.56. The van der Waals surface area contributed by atoms with E-state index in [9.17, 15) is 0 Å². The molecule has 3 rings (SSSR count). The second-order valence-corrected chi connectivity index (χ2v) is 7.55. The zero-order valence-corrected chi connectivity index (χ0v) is 16.2. The average molecular weight is 459 g/mol. The smallest absolute Gasteiger partial charge is 0.0685 e. The van der Waals surface area contributed by atoms with Crippen molar-refractivity contribution in [3.05, 3.63) is 55.6 Å². The van der Waals surface area contributed by atoms with Crippen molar-refractivity contribution in [2.45, 2.75) is 19.3 Å². The van der Waals surface area contributed by atoms with Gasteiger partial charge in [0.25, 0.3) is 0 Å². The highest BCUT2D eigenvalue weighted by molar-refractivity contribution is 14.1. The van der Waals surface area contributed by atoms with Crippen LogP contribution >= 0.6 is 45.8 Å². The van der Waals surface area contributed by atoms with Crippen LogP contribution in [0.4, 0.5) is 0 Å². The maximum absolute atomic E-state index is 6.45. The predicted octanol–water partition coefficient (Wildman–Crippen LogP) is 6.03. The summed E-state index contributed by atoms with van der Waals surface area (Å²) < 4.78 is 1.22. The van der Waals surface area contributed by atoms with E-state index in [1.165, 1.54) is 14.5 Å². The summed E-state index contributed by atoms with van der Waals surface area (Å²) in [6, 6.07) is 12.2. The molecule has 0 amide bonds. The molecule has 0 aliphatic carbocycles. The Morgan fingerprint density at radius 2 is 1.91 bits per heavy atom. The minimum absolute atomic E-state index is 0.574. The van der Waals surface area contributed by atoms with Crippen LogP contribution in [0.15, 0.2) is 36.4 Å². The van der Waals surface area contributed by atoms with Gasteiger partial charge in [0.15, 0.2) is 0 Å². The molecule has 0 aliphatic heterocycles. The summed E-state index contributed by atoms with van der Waals surface area (Å²) >= 11 is 15.0. The second-order valence-electron chi connectivity index (χ2n) is 5.52. The van der Waals surface area contributed by atoms with Crippen molar-refractivity contribution in [3.8, 4) is 11.3 Å². The summed E-state index contributed by atoms with van der Waals surface area (Å²) in [6.07, 6.45) is 3.04. The molecule has 5 heteroatoms. The van der Waals surface area contributed by atoms with Crippen molar-refractivity contribution in [1.82, 2.24) is 4.98 Å². The molecule has 3 aromatic rings. The number of nitrogens with one attached hydrogen (secondary N) is 1. The Morgan fingerprint density at radius 3 is 2.70 bits per heavy atom. The molecule has 0 fully saturated rings. The molecule has 2 nitrogen and oxygen atoms in total. The van der Waals surface area contributed by atoms with Crippen LogP contribution < -0.4 is 5.73 Å². The minimum Gasteiger partial charge on any atom is -0.354 e. The highest BCUT2D eigenvalue weighted by Gasteiger charge is 2.16. The first-order chi connectivity index (χ1) is 11.1. The fraction of sp³-hybridized carbons (Fsp3) is 0.222. The average Bonchev–Trinajstić information content (AvgIpc) is 2.88. The van der Waals surface area contributed by atoms with Crippen molar-refractivity contribution in [2.75, 3.05) is 6.54 Å². The summed E-state index contributed by atoms with van der Waals surface area (Å²) in [5, 5.41) is 2.42. The zero-order valence-electron chi connectivity index (χ0n) is 12.5. The second kappa shape index (κ2) is 7.43. The van der Waals surface area contributed by atoms with Gasteiger partial charge in [0.05, 0.1) is 15.7 Å². The third-order valence-corrected chi connectivity index (χ3v) is 5.46. The van der Waals surface area contributed by atoms with E-state index < -0.39 is 0 Å². The molecular formula is C18H17Cl2IN2. The fourth-order valence-electron chi connectivity index (χ4n) is 2.85. The number of halogens is 3. The maximum Gasteiger partial charge on any atom is 0.0685 e. The third-order valence-electron chi connectivity index (χ3n) is 3.97. The van der Waals surface area contributed by atoms with E-state index in [2.05, 4.69) is 45.8 Å². The highest BCUT2D eigenvalue weighted by atomic mass is 127. The summed E-state index contributed by atoms with van der Waals surface area (Å²) in [4.78, 5) is 3.52. The Labute approximate surface area is 159 Å². The van der Waals surface area contributed by atoms with Gasteiger partial charge in [0.2, 0.25) is 0 Å². The summed E-state index contributed by atoms with van der Waals surface area (Å²) in [7, 11) is 0. The van der Waals surface area contributed by atoms with E-state index in [1.54, 1.807) is 0 Å². The van der Waals surface area contributed by atoms with Crippen LogP contribution in [0, 0.1) is 3.57 Å². The number of unbranched alkanes of at least 4 members (excludes halogenated alkanes) is 1. The van der Waals surface area contributed by atoms with Gasteiger partial charge in [0.1, 0.15) is 0 Å². The van der Waals surface area contributed by atoms with E-state index in [-0.39, 0.29) is 0 Å². The van der Waals surface area contributed by atoms with Gasteiger partial charge in [-0.15, -0.1) is 0 Å². The fourth-order valence-corrected chi connectivity index (χ4v) is 3.74. The number of fused-ring (bicyclic) bond motifs is 1. The van der Waals surface area contributed by atoms with Gasteiger partial charge in [-0.2, -0.15) is 0 Å². The van der Waals surface area contributed by atoms with Gasteiger partial charge in [0, 0.05) is 20.0 Å². The molecule has 0 bridgehead atoms. The molecule has 0 aliphatic rings. The molecule has 120 valence electrons. The van der Waals surface area contributed by atoms with Gasteiger partial charge in [-0.1, -0.05) is 35.3 Å². The summed E-state index contributed by atoms with van der Waals surface area (Å²) in [5.74, 6) is 0. The first-order valence-corrected chi connectivity index (χ1v) is 9.40. The molecule has 0 atom stereocenters. The molecule has 0 radical (unpaired) electrons. The predicted molar refractivity (Wildman–Crippen MR) is 108 cm³/mol. The largest absolute Gasteiger partial charge is 0.354 e. The van der Waals surface area contributed by atoms with Crippen LogP contribution in [0.5, 0.6) is 0 Å². The summed E-state index contributed by atoms with van der Waals surface area (Å²) in [6.45, 7) is 0.715. The van der Waals surface area contributed by atoms with E-state index in [0.29, 0.717) is 16.6 Å². The van der Waals surface area contributed by atoms with Crippen molar-refractivity contribution < 1.29 is 0 Å². The van der Waals surface area contributed by atoms with Crippen LogP contribution in [0.3, 0.4) is 0 Å². The van der Waals surface area contributed by atoms with Crippen molar-refractivity contribution in [3.63, 3.8) is 0 Å². The van der Waals surface area contributed by atoms with Crippen LogP contribution in [0.1, 0.15) is 18.4 Å². The number of nitrogens with two attached hydrogens (primary N) is 1.